The third-order valence-electron chi connectivity index (χ3n) is 4.56. The predicted molar refractivity (Wildman–Crippen MR) is 74.3 cm³/mol. The Morgan fingerprint density at radius 2 is 1.82 bits per heavy atom. The van der Waals surface area contributed by atoms with Crippen LogP contribution in [0, 0.1) is 5.92 Å². The zero-order valence-electron chi connectivity index (χ0n) is 11.6. The summed E-state index contributed by atoms with van der Waals surface area (Å²) in [5, 5.41) is 0. The molecule has 1 fully saturated rings. The Labute approximate surface area is 106 Å². The number of likely N-dealkylation sites (tertiary alicyclic amines) is 1. The van der Waals surface area contributed by atoms with E-state index in [1.165, 1.54) is 25.1 Å². The van der Waals surface area contributed by atoms with Crippen molar-refractivity contribution >= 4 is 0 Å². The van der Waals surface area contributed by atoms with E-state index in [-0.39, 0.29) is 0 Å². The van der Waals surface area contributed by atoms with Gasteiger partial charge in [0.1, 0.15) is 0 Å². The predicted octanol–water partition coefficient (Wildman–Crippen LogP) is 3.91. The summed E-state index contributed by atoms with van der Waals surface area (Å²) in [6.07, 6.45) is 1.22. The number of hydrogen-bond acceptors (Lipinski definition) is 1. The van der Waals surface area contributed by atoms with E-state index in [0.717, 1.165) is 5.92 Å². The van der Waals surface area contributed by atoms with Gasteiger partial charge in [0.05, 0.1) is 0 Å². The average Bonchev–Trinajstić information content (AvgIpc) is 2.73. The molecule has 0 spiro atoms. The molecule has 0 bridgehead atoms. The lowest BCUT2D eigenvalue weighted by Crippen LogP contribution is -2.41. The Kier molecular flexibility index (Phi) is 3.58. The maximum absolute atomic E-state index is 2.66. The normalized spacial score (nSPS) is 26.4. The van der Waals surface area contributed by atoms with Gasteiger partial charge in [-0.3, -0.25) is 4.90 Å². The quantitative estimate of drug-likeness (QED) is 0.762. The SMILES string of the molecule is CCC(C)(C)N1C[C@@H](C)[C@H](c2ccccc2)C1. The van der Waals surface area contributed by atoms with Crippen molar-refractivity contribution in [1.29, 1.82) is 0 Å². The minimum absolute atomic E-state index is 0.345. The van der Waals surface area contributed by atoms with Gasteiger partial charge in [0.15, 0.2) is 0 Å². The molecule has 0 aromatic heterocycles. The fourth-order valence-electron chi connectivity index (χ4n) is 2.82. The van der Waals surface area contributed by atoms with E-state index < -0.39 is 0 Å². The molecule has 1 aliphatic rings. The van der Waals surface area contributed by atoms with Crippen molar-refractivity contribution in [1.82, 2.24) is 4.90 Å². The second kappa shape index (κ2) is 4.81. The summed E-state index contributed by atoms with van der Waals surface area (Å²) in [5.41, 5.74) is 1.85. The lowest BCUT2D eigenvalue weighted by atomic mass is 9.90. The van der Waals surface area contributed by atoms with Gasteiger partial charge in [0, 0.05) is 24.5 Å². The summed E-state index contributed by atoms with van der Waals surface area (Å²) in [4.78, 5) is 2.66. The first-order chi connectivity index (χ1) is 8.04. The van der Waals surface area contributed by atoms with Gasteiger partial charge in [-0.15, -0.1) is 0 Å². The molecular formula is C16H25N. The third-order valence-corrected chi connectivity index (χ3v) is 4.56. The van der Waals surface area contributed by atoms with Crippen LogP contribution in [0.25, 0.3) is 0 Å². The molecule has 0 unspecified atom stereocenters. The standard InChI is InChI=1S/C16H25N/c1-5-16(3,4)17-11-13(2)15(12-17)14-9-7-6-8-10-14/h6-10,13,15H,5,11-12H2,1-4H3/t13-,15-/m1/s1. The van der Waals surface area contributed by atoms with E-state index in [0.29, 0.717) is 11.5 Å². The highest BCUT2D eigenvalue weighted by Gasteiger charge is 2.37. The van der Waals surface area contributed by atoms with Crippen LogP contribution in [-0.2, 0) is 0 Å². The first-order valence-corrected chi connectivity index (χ1v) is 6.84. The Morgan fingerprint density at radius 3 is 2.41 bits per heavy atom. The van der Waals surface area contributed by atoms with Gasteiger partial charge >= 0.3 is 0 Å². The summed E-state index contributed by atoms with van der Waals surface area (Å²) >= 11 is 0. The molecule has 0 aliphatic carbocycles. The molecular weight excluding hydrogens is 206 g/mol. The van der Waals surface area contributed by atoms with Gasteiger partial charge in [-0.05, 0) is 31.7 Å². The van der Waals surface area contributed by atoms with Crippen molar-refractivity contribution in [2.24, 2.45) is 5.92 Å². The molecule has 0 amide bonds. The van der Waals surface area contributed by atoms with E-state index in [1.54, 1.807) is 0 Å². The number of rotatable bonds is 3. The molecule has 1 aromatic rings. The third kappa shape index (κ3) is 2.55. The van der Waals surface area contributed by atoms with E-state index in [1.807, 2.05) is 0 Å². The van der Waals surface area contributed by atoms with Gasteiger partial charge in [0.25, 0.3) is 0 Å². The van der Waals surface area contributed by atoms with Crippen molar-refractivity contribution in [2.45, 2.75) is 45.6 Å². The molecule has 0 radical (unpaired) electrons. The highest BCUT2D eigenvalue weighted by molar-refractivity contribution is 5.22. The summed E-state index contributed by atoms with van der Waals surface area (Å²) in [7, 11) is 0. The molecule has 2 atom stereocenters. The van der Waals surface area contributed by atoms with Crippen LogP contribution in [0.2, 0.25) is 0 Å². The first-order valence-electron chi connectivity index (χ1n) is 6.84. The maximum atomic E-state index is 2.66. The number of hydrogen-bond donors (Lipinski definition) is 0. The number of nitrogens with zero attached hydrogens (tertiary/aromatic N) is 1. The van der Waals surface area contributed by atoms with Crippen LogP contribution in [0.15, 0.2) is 30.3 Å². The molecule has 17 heavy (non-hydrogen) atoms. The highest BCUT2D eigenvalue weighted by atomic mass is 15.2. The van der Waals surface area contributed by atoms with Crippen LogP contribution in [-0.4, -0.2) is 23.5 Å². The smallest absolute Gasteiger partial charge is 0.0151 e. The van der Waals surface area contributed by atoms with E-state index in [2.05, 4.69) is 62.9 Å². The van der Waals surface area contributed by atoms with Gasteiger partial charge in [-0.25, -0.2) is 0 Å². The summed E-state index contributed by atoms with van der Waals surface area (Å²) in [5.74, 6) is 1.48. The topological polar surface area (TPSA) is 3.24 Å². The van der Waals surface area contributed by atoms with Crippen LogP contribution >= 0.6 is 0 Å². The largest absolute Gasteiger partial charge is 0.297 e. The molecule has 1 aromatic carbocycles. The first kappa shape index (κ1) is 12.6. The van der Waals surface area contributed by atoms with Crippen LogP contribution in [0.3, 0.4) is 0 Å². The minimum atomic E-state index is 0.345. The molecule has 2 rings (SSSR count). The number of benzene rings is 1. The Balaban J connectivity index is 2.13. The Hall–Kier alpha value is -0.820. The Bertz CT molecular complexity index is 355. The highest BCUT2D eigenvalue weighted by Crippen LogP contribution is 2.36. The van der Waals surface area contributed by atoms with Crippen LogP contribution < -0.4 is 0 Å². The maximum Gasteiger partial charge on any atom is 0.0151 e. The molecule has 0 saturated carbocycles. The van der Waals surface area contributed by atoms with Crippen molar-refractivity contribution in [3.63, 3.8) is 0 Å². The van der Waals surface area contributed by atoms with Crippen molar-refractivity contribution in [2.75, 3.05) is 13.1 Å². The average molecular weight is 231 g/mol. The zero-order valence-corrected chi connectivity index (χ0v) is 11.6. The second-order valence-corrected chi connectivity index (χ2v) is 6.07. The van der Waals surface area contributed by atoms with Gasteiger partial charge < -0.3 is 0 Å². The van der Waals surface area contributed by atoms with E-state index in [4.69, 9.17) is 0 Å². The van der Waals surface area contributed by atoms with Gasteiger partial charge in [0.2, 0.25) is 0 Å². The lowest BCUT2D eigenvalue weighted by molar-refractivity contribution is 0.144. The van der Waals surface area contributed by atoms with Crippen LogP contribution in [0.4, 0.5) is 0 Å². The van der Waals surface area contributed by atoms with Crippen molar-refractivity contribution < 1.29 is 0 Å². The molecule has 1 nitrogen and oxygen atoms in total. The van der Waals surface area contributed by atoms with Crippen molar-refractivity contribution in [3.05, 3.63) is 35.9 Å². The second-order valence-electron chi connectivity index (χ2n) is 6.07. The van der Waals surface area contributed by atoms with Gasteiger partial charge in [-0.1, -0.05) is 44.2 Å². The molecule has 1 saturated heterocycles. The fraction of sp³-hybridized carbons (Fsp3) is 0.625. The van der Waals surface area contributed by atoms with Crippen LogP contribution in [0.1, 0.15) is 45.6 Å². The molecule has 1 heteroatoms. The van der Waals surface area contributed by atoms with Gasteiger partial charge in [-0.2, -0.15) is 0 Å². The van der Waals surface area contributed by atoms with E-state index >= 15 is 0 Å². The van der Waals surface area contributed by atoms with E-state index in [9.17, 15) is 0 Å². The zero-order chi connectivity index (χ0) is 12.5. The molecule has 1 heterocycles. The molecule has 0 N–H and O–H groups in total. The summed E-state index contributed by atoms with van der Waals surface area (Å²) in [6, 6.07) is 11.0. The molecule has 94 valence electrons. The summed E-state index contributed by atoms with van der Waals surface area (Å²) < 4.78 is 0. The Morgan fingerprint density at radius 1 is 1.18 bits per heavy atom. The monoisotopic (exact) mass is 231 g/mol. The molecule has 1 aliphatic heterocycles. The lowest BCUT2D eigenvalue weighted by Gasteiger charge is -2.35. The summed E-state index contributed by atoms with van der Waals surface area (Å²) in [6.45, 7) is 11.9. The minimum Gasteiger partial charge on any atom is -0.297 e. The van der Waals surface area contributed by atoms with Crippen molar-refractivity contribution in [3.8, 4) is 0 Å². The fourth-order valence-corrected chi connectivity index (χ4v) is 2.82. The van der Waals surface area contributed by atoms with Crippen LogP contribution in [0.5, 0.6) is 0 Å².